The van der Waals surface area contributed by atoms with Crippen molar-refractivity contribution in [2.75, 3.05) is 13.1 Å². The number of halogens is 1. The lowest BCUT2D eigenvalue weighted by Crippen LogP contribution is -3.00. The summed E-state index contributed by atoms with van der Waals surface area (Å²) >= 11 is 0.885. The first-order chi connectivity index (χ1) is 8.63. The van der Waals surface area contributed by atoms with Gasteiger partial charge >= 0.3 is 0 Å². The molecule has 1 aromatic carbocycles. The van der Waals surface area contributed by atoms with Crippen LogP contribution in [0.15, 0.2) is 29.2 Å². The number of benzene rings is 1. The second-order valence-corrected chi connectivity index (χ2v) is 4.74. The first-order valence-corrected chi connectivity index (χ1v) is 6.27. The van der Waals surface area contributed by atoms with Gasteiger partial charge in [0.2, 0.25) is 0 Å². The third kappa shape index (κ3) is 3.28. The molecule has 7 heteroatoms. The molecule has 1 heterocycles. The molecule has 1 aliphatic rings. The van der Waals surface area contributed by atoms with Gasteiger partial charge in [-0.3, -0.25) is 14.5 Å². The summed E-state index contributed by atoms with van der Waals surface area (Å²) in [5, 5.41) is 9.33. The lowest BCUT2D eigenvalue weighted by molar-refractivity contribution is -0.367. The summed E-state index contributed by atoms with van der Waals surface area (Å²) in [4.78, 5) is 25.0. The molecule has 5 nitrogen and oxygen atoms in total. The minimum atomic E-state index is -0.322. The summed E-state index contributed by atoms with van der Waals surface area (Å²) in [6, 6.07) is 6.67. The van der Waals surface area contributed by atoms with E-state index in [2.05, 4.69) is 5.73 Å². The lowest BCUT2D eigenvalue weighted by atomic mass is 10.2. The number of amides is 2. The number of phenolic OH excluding ortho intramolecular Hbond substituents is 1. The van der Waals surface area contributed by atoms with E-state index < -0.39 is 0 Å². The van der Waals surface area contributed by atoms with Crippen molar-refractivity contribution in [1.29, 1.82) is 0 Å². The average molecular weight is 301 g/mol. The molecule has 0 atom stereocenters. The van der Waals surface area contributed by atoms with Gasteiger partial charge in [0.25, 0.3) is 11.1 Å². The quantitative estimate of drug-likeness (QED) is 0.614. The molecule has 4 N–H and O–H groups in total. The van der Waals surface area contributed by atoms with E-state index in [1.807, 2.05) is 0 Å². The van der Waals surface area contributed by atoms with Gasteiger partial charge in [-0.15, -0.1) is 0 Å². The Kier molecular flexibility index (Phi) is 5.41. The summed E-state index contributed by atoms with van der Waals surface area (Å²) in [5.74, 6) is -0.238. The van der Waals surface area contributed by atoms with Crippen molar-refractivity contribution in [3.8, 4) is 5.75 Å². The van der Waals surface area contributed by atoms with E-state index in [0.29, 0.717) is 23.6 Å². The van der Waals surface area contributed by atoms with Gasteiger partial charge in [0.15, 0.2) is 0 Å². The van der Waals surface area contributed by atoms with Crippen LogP contribution in [0.1, 0.15) is 5.56 Å². The van der Waals surface area contributed by atoms with Gasteiger partial charge in [-0.25, -0.2) is 0 Å². The number of aromatic hydroxyl groups is 1. The maximum Gasteiger partial charge on any atom is 0.293 e. The van der Waals surface area contributed by atoms with Gasteiger partial charge in [-0.1, -0.05) is 18.2 Å². The fourth-order valence-corrected chi connectivity index (χ4v) is 2.46. The van der Waals surface area contributed by atoms with Gasteiger partial charge in [-0.05, 0) is 23.9 Å². The Morgan fingerprint density at radius 2 is 2.00 bits per heavy atom. The Hall–Kier alpha value is -1.50. The smallest absolute Gasteiger partial charge is 0.293 e. The van der Waals surface area contributed by atoms with Crippen molar-refractivity contribution < 1.29 is 32.8 Å². The van der Waals surface area contributed by atoms with Crippen molar-refractivity contribution in [3.05, 3.63) is 34.7 Å². The summed E-state index contributed by atoms with van der Waals surface area (Å²) in [7, 11) is 0. The van der Waals surface area contributed by atoms with Crippen molar-refractivity contribution >= 4 is 29.0 Å². The number of rotatable bonds is 3. The first-order valence-electron chi connectivity index (χ1n) is 5.46. The van der Waals surface area contributed by atoms with Crippen molar-refractivity contribution in [3.63, 3.8) is 0 Å². The van der Waals surface area contributed by atoms with Crippen LogP contribution in [0.2, 0.25) is 0 Å². The minimum absolute atomic E-state index is 0. The van der Waals surface area contributed by atoms with Crippen molar-refractivity contribution in [2.45, 2.75) is 0 Å². The van der Waals surface area contributed by atoms with Gasteiger partial charge < -0.3 is 23.2 Å². The van der Waals surface area contributed by atoms with Crippen molar-refractivity contribution in [1.82, 2.24) is 4.90 Å². The molecule has 19 heavy (non-hydrogen) atoms. The number of nitrogens with zero attached hydrogens (tertiary/aromatic N) is 1. The Morgan fingerprint density at radius 1 is 1.32 bits per heavy atom. The predicted octanol–water partition coefficient (Wildman–Crippen LogP) is -2.33. The van der Waals surface area contributed by atoms with E-state index >= 15 is 0 Å². The fraction of sp³-hybridized carbons (Fsp3) is 0.167. The van der Waals surface area contributed by atoms with Crippen LogP contribution in [-0.4, -0.2) is 34.2 Å². The first kappa shape index (κ1) is 15.6. The molecule has 0 aliphatic carbocycles. The largest absolute Gasteiger partial charge is 1.00 e. The maximum atomic E-state index is 11.9. The SMILES string of the molecule is [Cl-].[NH3+]CCN1C(=O)S/C(=C\c2ccccc2O)C1=O. The van der Waals surface area contributed by atoms with E-state index in [4.69, 9.17) is 0 Å². The van der Waals surface area contributed by atoms with Crippen LogP contribution in [0.3, 0.4) is 0 Å². The number of hydrogen-bond donors (Lipinski definition) is 2. The molecule has 1 saturated heterocycles. The molecule has 1 aromatic rings. The topological polar surface area (TPSA) is 85.2 Å². The van der Waals surface area contributed by atoms with Crippen LogP contribution in [0.5, 0.6) is 5.75 Å². The molecule has 2 amide bonds. The molecule has 0 bridgehead atoms. The van der Waals surface area contributed by atoms with Crippen LogP contribution >= 0.6 is 11.8 Å². The molecule has 0 spiro atoms. The zero-order valence-electron chi connectivity index (χ0n) is 10.0. The number of phenols is 1. The highest BCUT2D eigenvalue weighted by Crippen LogP contribution is 2.33. The monoisotopic (exact) mass is 300 g/mol. The highest BCUT2D eigenvalue weighted by molar-refractivity contribution is 8.18. The molecule has 0 unspecified atom stereocenters. The van der Waals surface area contributed by atoms with Crippen LogP contribution < -0.4 is 18.1 Å². The van der Waals surface area contributed by atoms with Crippen LogP contribution in [0.25, 0.3) is 6.08 Å². The average Bonchev–Trinajstić information content (AvgIpc) is 2.60. The van der Waals surface area contributed by atoms with Crippen LogP contribution in [0.4, 0.5) is 4.79 Å². The highest BCUT2D eigenvalue weighted by Gasteiger charge is 2.34. The van der Waals surface area contributed by atoms with E-state index in [1.54, 1.807) is 18.2 Å². The number of carbonyl (C=O) groups excluding carboxylic acids is 2. The molecule has 0 radical (unpaired) electrons. The van der Waals surface area contributed by atoms with Gasteiger partial charge in [0, 0.05) is 5.56 Å². The highest BCUT2D eigenvalue weighted by atomic mass is 35.5. The summed E-state index contributed by atoms with van der Waals surface area (Å²) in [6.07, 6.45) is 1.53. The van der Waals surface area contributed by atoms with Crippen LogP contribution in [-0.2, 0) is 4.79 Å². The van der Waals surface area contributed by atoms with E-state index in [-0.39, 0.29) is 29.3 Å². The second-order valence-electron chi connectivity index (χ2n) is 3.75. The molecule has 1 fully saturated rings. The Morgan fingerprint density at radius 3 is 2.63 bits per heavy atom. The zero-order valence-corrected chi connectivity index (χ0v) is 11.6. The zero-order chi connectivity index (χ0) is 13.1. The predicted molar refractivity (Wildman–Crippen MR) is 68.5 cm³/mol. The molecule has 102 valence electrons. The summed E-state index contributed by atoms with van der Waals surface area (Å²) in [5.41, 5.74) is 4.15. The Balaban J connectivity index is 0.00000180. The number of quaternary nitrogens is 1. The third-order valence-electron chi connectivity index (χ3n) is 2.48. The molecule has 0 saturated carbocycles. The number of thioether (sulfide) groups is 1. The Labute approximate surface area is 120 Å². The standard InChI is InChI=1S/C12H12N2O3S.ClH/c13-5-6-14-11(16)10(18-12(14)17)7-8-3-1-2-4-9(8)15;/h1-4,7,15H,5-6,13H2;1H/b10-7-;. The van der Waals surface area contributed by atoms with E-state index in [1.165, 1.54) is 17.0 Å². The number of hydrogen-bond acceptors (Lipinski definition) is 4. The summed E-state index contributed by atoms with van der Waals surface area (Å²) < 4.78 is 0. The molecular weight excluding hydrogens is 288 g/mol. The van der Waals surface area contributed by atoms with Crippen LogP contribution in [0, 0.1) is 0 Å². The maximum absolute atomic E-state index is 11.9. The second kappa shape index (κ2) is 6.60. The van der Waals surface area contributed by atoms with Crippen molar-refractivity contribution in [2.24, 2.45) is 0 Å². The summed E-state index contributed by atoms with van der Waals surface area (Å²) in [6.45, 7) is 0.810. The van der Waals surface area contributed by atoms with Gasteiger partial charge in [0.1, 0.15) is 5.75 Å². The molecule has 2 rings (SSSR count). The van der Waals surface area contributed by atoms with E-state index in [9.17, 15) is 14.7 Å². The number of para-hydroxylation sites is 1. The molecular formula is C12H13ClN2O3S. The molecule has 0 aromatic heterocycles. The number of carbonyl (C=O) groups is 2. The lowest BCUT2D eigenvalue weighted by Gasteiger charge is -2.08. The van der Waals surface area contributed by atoms with Gasteiger partial charge in [0.05, 0.1) is 18.0 Å². The number of imide groups is 1. The van der Waals surface area contributed by atoms with Gasteiger partial charge in [-0.2, -0.15) is 0 Å². The Bertz CT molecular complexity index is 533. The fourth-order valence-electron chi connectivity index (χ4n) is 1.60. The van der Waals surface area contributed by atoms with E-state index in [0.717, 1.165) is 11.8 Å². The molecule has 1 aliphatic heterocycles. The normalized spacial score (nSPS) is 16.9. The third-order valence-corrected chi connectivity index (χ3v) is 3.39. The minimum Gasteiger partial charge on any atom is -1.00 e.